The summed E-state index contributed by atoms with van der Waals surface area (Å²) in [5.74, 6) is 4.54. The van der Waals surface area contributed by atoms with Crippen molar-refractivity contribution in [3.8, 4) is 28.6 Å². The van der Waals surface area contributed by atoms with Crippen molar-refractivity contribution in [2.24, 2.45) is 11.8 Å². The lowest BCUT2D eigenvalue weighted by Gasteiger charge is -2.27. The fourth-order valence-corrected chi connectivity index (χ4v) is 9.89. The van der Waals surface area contributed by atoms with Crippen molar-refractivity contribution >= 4 is 60.6 Å². The van der Waals surface area contributed by atoms with Crippen LogP contribution >= 0.6 is 0 Å². The number of rotatable bonds is 5. The van der Waals surface area contributed by atoms with Crippen LogP contribution in [0.2, 0.25) is 0 Å². The second-order valence-corrected chi connectivity index (χ2v) is 15.5. The van der Waals surface area contributed by atoms with Crippen LogP contribution in [0.15, 0.2) is 132 Å². The minimum atomic E-state index is 0.674. The number of benzene rings is 5. The third kappa shape index (κ3) is 4.78. The van der Waals surface area contributed by atoms with Gasteiger partial charge in [-0.25, -0.2) is 9.97 Å². The molecule has 7 heteroatoms. The van der Waals surface area contributed by atoms with E-state index in [2.05, 4.69) is 100.0 Å². The van der Waals surface area contributed by atoms with E-state index in [0.29, 0.717) is 5.92 Å². The van der Waals surface area contributed by atoms with Crippen LogP contribution in [-0.4, -0.2) is 23.9 Å². The molecule has 1 saturated carbocycles. The lowest BCUT2D eigenvalue weighted by molar-refractivity contribution is 0.255. The molecule has 0 bridgehead atoms. The first-order valence-electron chi connectivity index (χ1n) is 19.6. The van der Waals surface area contributed by atoms with Crippen molar-refractivity contribution < 1.29 is 9.15 Å². The van der Waals surface area contributed by atoms with Crippen LogP contribution in [0, 0.1) is 11.8 Å². The number of hydrogen-bond acceptors (Lipinski definition) is 5. The Kier molecular flexibility index (Phi) is 6.76. The molecule has 5 aromatic carbocycles. The molecule has 0 radical (unpaired) electrons. The standard InChI is InChI=1S/C48H37N5O2/c1-2-10-29(11-3-1)32-24-31-21-23-50-46(36(31)25-32)38-27-34(26-37-45-35-13-5-4-12-30(35)17-20-43(45)55-47(37)38)54-33-18-19-41-42(28-33)53(44-16-8-9-22-49-44)48-51-39-14-6-7-15-40(39)52(41)48/h4-9,12-23,26-29,32H,1-3,10-11,24-25H2. The van der Waals surface area contributed by atoms with E-state index in [1.807, 2.05) is 36.7 Å². The Balaban J connectivity index is 1.05. The first-order valence-corrected chi connectivity index (χ1v) is 19.6. The van der Waals surface area contributed by atoms with Gasteiger partial charge in [0.05, 0.1) is 27.8 Å². The largest absolute Gasteiger partial charge is 0.457 e. The highest BCUT2D eigenvalue weighted by atomic mass is 16.5. The van der Waals surface area contributed by atoms with Gasteiger partial charge in [0.1, 0.15) is 28.5 Å². The van der Waals surface area contributed by atoms with E-state index in [-0.39, 0.29) is 0 Å². The topological polar surface area (TPSA) is 70.4 Å². The Morgan fingerprint density at radius 3 is 2.47 bits per heavy atom. The lowest BCUT2D eigenvalue weighted by Crippen LogP contribution is -2.18. The first kappa shape index (κ1) is 30.9. The average molecular weight is 716 g/mol. The van der Waals surface area contributed by atoms with E-state index in [9.17, 15) is 0 Å². The highest BCUT2D eigenvalue weighted by Gasteiger charge is 2.32. The highest BCUT2D eigenvalue weighted by molar-refractivity contribution is 6.21. The summed E-state index contributed by atoms with van der Waals surface area (Å²) in [5.41, 5.74) is 10.5. The van der Waals surface area contributed by atoms with Crippen molar-refractivity contribution in [1.29, 1.82) is 0 Å². The summed E-state index contributed by atoms with van der Waals surface area (Å²) in [6.07, 6.45) is 12.8. The minimum Gasteiger partial charge on any atom is -0.457 e. The van der Waals surface area contributed by atoms with E-state index in [1.54, 1.807) is 0 Å². The Bertz CT molecular complexity index is 3130. The third-order valence-corrected chi connectivity index (χ3v) is 12.4. The van der Waals surface area contributed by atoms with Gasteiger partial charge in [-0.2, -0.15) is 0 Å². The maximum atomic E-state index is 6.94. The Morgan fingerprint density at radius 2 is 1.55 bits per heavy atom. The number of para-hydroxylation sites is 2. The smallest absolute Gasteiger partial charge is 0.221 e. The van der Waals surface area contributed by atoms with Crippen LogP contribution in [-0.2, 0) is 12.8 Å². The maximum absolute atomic E-state index is 6.94. The molecule has 2 aliphatic carbocycles. The monoisotopic (exact) mass is 715 g/mol. The zero-order valence-electron chi connectivity index (χ0n) is 30.3. The summed E-state index contributed by atoms with van der Waals surface area (Å²) in [4.78, 5) is 14.9. The van der Waals surface area contributed by atoms with Crippen LogP contribution in [0.5, 0.6) is 11.5 Å². The van der Waals surface area contributed by atoms with Gasteiger partial charge in [0.25, 0.3) is 0 Å². The van der Waals surface area contributed by atoms with Gasteiger partial charge in [-0.05, 0) is 107 Å². The van der Waals surface area contributed by atoms with Gasteiger partial charge in [0, 0.05) is 34.8 Å². The van der Waals surface area contributed by atoms with Gasteiger partial charge in [-0.3, -0.25) is 14.0 Å². The van der Waals surface area contributed by atoms with Crippen molar-refractivity contribution in [1.82, 2.24) is 23.9 Å². The second kappa shape index (κ2) is 12.0. The molecule has 5 aromatic heterocycles. The summed E-state index contributed by atoms with van der Waals surface area (Å²) in [5, 5.41) is 4.47. The number of fused-ring (bicyclic) bond motifs is 11. The number of aromatic nitrogens is 5. The normalized spacial score (nSPS) is 16.3. The molecule has 0 amide bonds. The third-order valence-electron chi connectivity index (χ3n) is 12.4. The zero-order chi connectivity index (χ0) is 36.0. The van der Waals surface area contributed by atoms with Crippen LogP contribution < -0.4 is 4.74 Å². The molecule has 1 atom stereocenters. The fourth-order valence-electron chi connectivity index (χ4n) is 9.89. The highest BCUT2D eigenvalue weighted by Crippen LogP contribution is 2.46. The first-order chi connectivity index (χ1) is 27.2. The van der Waals surface area contributed by atoms with Crippen molar-refractivity contribution in [3.05, 3.63) is 139 Å². The summed E-state index contributed by atoms with van der Waals surface area (Å²) in [6, 6.07) is 39.8. The Labute approximate surface area is 316 Å². The molecule has 0 N–H and O–H groups in total. The van der Waals surface area contributed by atoms with Gasteiger partial charge in [0.15, 0.2) is 0 Å². The van der Waals surface area contributed by atoms with Crippen molar-refractivity contribution in [3.63, 3.8) is 0 Å². The summed E-state index contributed by atoms with van der Waals surface area (Å²) in [6.45, 7) is 0. The second-order valence-electron chi connectivity index (χ2n) is 15.5. The fraction of sp³-hybridized carbons (Fsp3) is 0.188. The number of pyridine rings is 2. The number of imidazole rings is 2. The van der Waals surface area contributed by atoms with E-state index >= 15 is 0 Å². The van der Waals surface area contributed by atoms with E-state index in [1.165, 1.54) is 48.6 Å². The zero-order valence-corrected chi connectivity index (χ0v) is 30.3. The number of hydrogen-bond donors (Lipinski definition) is 0. The van der Waals surface area contributed by atoms with Gasteiger partial charge in [-0.15, -0.1) is 0 Å². The summed E-state index contributed by atoms with van der Waals surface area (Å²) < 4.78 is 18.1. The number of nitrogens with zero attached hydrogens (tertiary/aromatic N) is 5. The average Bonchev–Trinajstić information content (AvgIpc) is 4.01. The molecule has 0 spiro atoms. The molecular formula is C48H37N5O2. The molecule has 2 aliphatic rings. The van der Waals surface area contributed by atoms with E-state index in [0.717, 1.165) is 103 Å². The molecule has 7 nitrogen and oxygen atoms in total. The predicted molar refractivity (Wildman–Crippen MR) is 219 cm³/mol. The van der Waals surface area contributed by atoms with Crippen LogP contribution in [0.1, 0.15) is 43.2 Å². The molecule has 10 aromatic rings. The molecule has 5 heterocycles. The Hall–Kier alpha value is -6.47. The number of ether oxygens (including phenoxy) is 1. The molecule has 1 unspecified atom stereocenters. The molecule has 266 valence electrons. The molecular weight excluding hydrogens is 679 g/mol. The van der Waals surface area contributed by atoms with Crippen molar-refractivity contribution in [2.75, 3.05) is 0 Å². The molecule has 55 heavy (non-hydrogen) atoms. The SMILES string of the molecule is c1ccc(-n2c3cc(Oc4cc(-c5nccc6c5CC(C5CCCCC5)C6)c5oc6ccc7ccccc7c6c5c4)ccc3n3c4ccccc4nc23)nc1. The minimum absolute atomic E-state index is 0.674. The lowest BCUT2D eigenvalue weighted by atomic mass is 9.78. The van der Waals surface area contributed by atoms with E-state index < -0.39 is 0 Å². The molecule has 1 fully saturated rings. The molecule has 12 rings (SSSR count). The van der Waals surface area contributed by atoms with Gasteiger partial charge in [0.2, 0.25) is 5.78 Å². The van der Waals surface area contributed by atoms with Crippen LogP contribution in [0.3, 0.4) is 0 Å². The van der Waals surface area contributed by atoms with Gasteiger partial charge in [-0.1, -0.05) is 80.6 Å². The van der Waals surface area contributed by atoms with Gasteiger partial charge >= 0.3 is 0 Å². The summed E-state index contributed by atoms with van der Waals surface area (Å²) in [7, 11) is 0. The number of furan rings is 1. The molecule has 0 saturated heterocycles. The van der Waals surface area contributed by atoms with Gasteiger partial charge < -0.3 is 9.15 Å². The van der Waals surface area contributed by atoms with Crippen LogP contribution in [0.25, 0.3) is 77.6 Å². The van der Waals surface area contributed by atoms with E-state index in [4.69, 9.17) is 24.1 Å². The quantitative estimate of drug-likeness (QED) is 0.177. The predicted octanol–water partition coefficient (Wildman–Crippen LogP) is 12.0. The maximum Gasteiger partial charge on any atom is 0.221 e. The summed E-state index contributed by atoms with van der Waals surface area (Å²) >= 11 is 0. The Morgan fingerprint density at radius 1 is 0.655 bits per heavy atom. The molecule has 0 aliphatic heterocycles. The van der Waals surface area contributed by atoms with Crippen LogP contribution in [0.4, 0.5) is 0 Å². The van der Waals surface area contributed by atoms with Crippen molar-refractivity contribution in [2.45, 2.75) is 44.9 Å².